The number of hydrogen-bond acceptors (Lipinski definition) is 2. The molecule has 0 aliphatic carbocycles. The Morgan fingerprint density at radius 2 is 2.00 bits per heavy atom. The van der Waals surface area contributed by atoms with Crippen LogP contribution >= 0.6 is 0 Å². The van der Waals surface area contributed by atoms with Gasteiger partial charge in [0.1, 0.15) is 0 Å². The number of rotatable bonds is 4. The molecular formula is C12H14N4. The van der Waals surface area contributed by atoms with Crippen molar-refractivity contribution in [3.63, 3.8) is 0 Å². The van der Waals surface area contributed by atoms with Gasteiger partial charge < -0.3 is 5.73 Å². The maximum Gasteiger partial charge on any atom is 0.0923 e. The summed E-state index contributed by atoms with van der Waals surface area (Å²) in [5, 5.41) is 11.4. The molecule has 0 radical (unpaired) electrons. The van der Waals surface area contributed by atoms with E-state index in [0.29, 0.717) is 13.0 Å². The molecule has 4 nitrogen and oxygen atoms in total. The van der Waals surface area contributed by atoms with Crippen LogP contribution in [0.3, 0.4) is 0 Å². The van der Waals surface area contributed by atoms with E-state index >= 15 is 0 Å². The second-order valence-corrected chi connectivity index (χ2v) is 3.63. The summed E-state index contributed by atoms with van der Waals surface area (Å²) in [6.07, 6.45) is 4.34. The van der Waals surface area contributed by atoms with Crippen molar-refractivity contribution in [2.75, 3.05) is 0 Å². The number of aryl methyl sites for hydroxylation is 1. The summed E-state index contributed by atoms with van der Waals surface area (Å²) in [7, 11) is 0. The second kappa shape index (κ2) is 4.61. The lowest BCUT2D eigenvalue weighted by atomic mass is 10.1. The third-order valence-electron chi connectivity index (χ3n) is 2.35. The van der Waals surface area contributed by atoms with Crippen LogP contribution in [-0.2, 0) is 6.54 Å². The average Bonchev–Trinajstić information content (AvgIpc) is 2.76. The van der Waals surface area contributed by atoms with Crippen molar-refractivity contribution in [3.05, 3.63) is 42.7 Å². The number of nitrogens with one attached hydrogen (secondary N) is 1. The average molecular weight is 214 g/mol. The first-order valence-corrected chi connectivity index (χ1v) is 5.16. The fourth-order valence-electron chi connectivity index (χ4n) is 1.50. The van der Waals surface area contributed by atoms with Gasteiger partial charge in [0, 0.05) is 24.7 Å². The van der Waals surface area contributed by atoms with Crippen molar-refractivity contribution < 1.29 is 0 Å². The van der Waals surface area contributed by atoms with Crippen molar-refractivity contribution >= 4 is 5.84 Å². The Balaban J connectivity index is 2.11. The van der Waals surface area contributed by atoms with Gasteiger partial charge >= 0.3 is 0 Å². The van der Waals surface area contributed by atoms with Crippen LogP contribution in [0.2, 0.25) is 0 Å². The molecule has 0 aliphatic rings. The molecule has 1 heterocycles. The quantitative estimate of drug-likeness (QED) is 0.602. The summed E-state index contributed by atoms with van der Waals surface area (Å²) in [5.41, 5.74) is 7.54. The van der Waals surface area contributed by atoms with E-state index in [1.807, 2.05) is 47.4 Å². The Bertz CT molecular complexity index is 473. The molecule has 0 aliphatic heterocycles. The standard InChI is InChI=1S/C12H14N4/c13-12(14)6-7-16-9-11(8-15-16)10-4-2-1-3-5-10/h1-5,8-9H,6-7H2,(H3,13,14). The van der Waals surface area contributed by atoms with Gasteiger partial charge in [-0.1, -0.05) is 30.3 Å². The fraction of sp³-hybridized carbons (Fsp3) is 0.167. The van der Waals surface area contributed by atoms with E-state index in [9.17, 15) is 0 Å². The van der Waals surface area contributed by atoms with E-state index in [2.05, 4.69) is 5.10 Å². The minimum absolute atomic E-state index is 0.191. The third kappa shape index (κ3) is 2.48. The maximum atomic E-state index is 7.15. The molecular weight excluding hydrogens is 200 g/mol. The Morgan fingerprint density at radius 3 is 2.69 bits per heavy atom. The van der Waals surface area contributed by atoms with Gasteiger partial charge in [-0.2, -0.15) is 5.10 Å². The molecule has 0 amide bonds. The Morgan fingerprint density at radius 1 is 1.25 bits per heavy atom. The van der Waals surface area contributed by atoms with Gasteiger partial charge in [-0.05, 0) is 5.56 Å². The van der Waals surface area contributed by atoms with Gasteiger partial charge in [0.25, 0.3) is 0 Å². The monoisotopic (exact) mass is 214 g/mol. The van der Waals surface area contributed by atoms with Gasteiger partial charge in [0.2, 0.25) is 0 Å². The van der Waals surface area contributed by atoms with E-state index in [0.717, 1.165) is 11.1 Å². The predicted molar refractivity (Wildman–Crippen MR) is 64.2 cm³/mol. The maximum absolute atomic E-state index is 7.15. The zero-order valence-electron chi connectivity index (χ0n) is 8.93. The predicted octanol–water partition coefficient (Wildman–Crippen LogP) is 1.88. The van der Waals surface area contributed by atoms with Crippen molar-refractivity contribution in [1.29, 1.82) is 5.41 Å². The molecule has 4 heteroatoms. The fourth-order valence-corrected chi connectivity index (χ4v) is 1.50. The molecule has 0 spiro atoms. The summed E-state index contributed by atoms with van der Waals surface area (Å²) in [6, 6.07) is 10.1. The number of aromatic nitrogens is 2. The minimum atomic E-state index is 0.191. The molecule has 0 saturated heterocycles. The number of nitrogens with zero attached hydrogens (tertiary/aromatic N) is 2. The van der Waals surface area contributed by atoms with Gasteiger partial charge in [0.05, 0.1) is 12.0 Å². The summed E-state index contributed by atoms with van der Waals surface area (Å²) >= 11 is 0. The van der Waals surface area contributed by atoms with Gasteiger partial charge in [-0.3, -0.25) is 10.1 Å². The topological polar surface area (TPSA) is 67.7 Å². The number of amidine groups is 1. The Hall–Kier alpha value is -2.10. The summed E-state index contributed by atoms with van der Waals surface area (Å²) in [4.78, 5) is 0. The largest absolute Gasteiger partial charge is 0.388 e. The highest BCUT2D eigenvalue weighted by atomic mass is 15.3. The zero-order chi connectivity index (χ0) is 11.4. The molecule has 3 N–H and O–H groups in total. The zero-order valence-corrected chi connectivity index (χ0v) is 8.93. The van der Waals surface area contributed by atoms with Gasteiger partial charge in [0.15, 0.2) is 0 Å². The molecule has 2 aromatic rings. The lowest BCUT2D eigenvalue weighted by molar-refractivity contribution is 0.632. The second-order valence-electron chi connectivity index (χ2n) is 3.63. The van der Waals surface area contributed by atoms with Gasteiger partial charge in [-0.15, -0.1) is 0 Å². The Kier molecular flexibility index (Phi) is 3.00. The lowest BCUT2D eigenvalue weighted by Crippen LogP contribution is -2.13. The SMILES string of the molecule is N=C(N)CCn1cc(-c2ccccc2)cn1. The third-order valence-corrected chi connectivity index (χ3v) is 2.35. The van der Waals surface area contributed by atoms with Gasteiger partial charge in [-0.25, -0.2) is 0 Å². The first-order valence-electron chi connectivity index (χ1n) is 5.16. The first kappa shape index (κ1) is 10.4. The van der Waals surface area contributed by atoms with Crippen LogP contribution in [0, 0.1) is 5.41 Å². The molecule has 1 aromatic carbocycles. The molecule has 1 aromatic heterocycles. The van der Waals surface area contributed by atoms with E-state index in [1.54, 1.807) is 0 Å². The minimum Gasteiger partial charge on any atom is -0.388 e. The van der Waals surface area contributed by atoms with Crippen LogP contribution in [-0.4, -0.2) is 15.6 Å². The van der Waals surface area contributed by atoms with Crippen LogP contribution in [0.4, 0.5) is 0 Å². The molecule has 0 bridgehead atoms. The molecule has 0 fully saturated rings. The van der Waals surface area contributed by atoms with E-state index in [-0.39, 0.29) is 5.84 Å². The van der Waals surface area contributed by atoms with E-state index in [1.165, 1.54) is 0 Å². The molecule has 0 atom stereocenters. The summed E-state index contributed by atoms with van der Waals surface area (Å²) < 4.78 is 1.81. The first-order chi connectivity index (χ1) is 7.75. The summed E-state index contributed by atoms with van der Waals surface area (Å²) in [6.45, 7) is 0.655. The van der Waals surface area contributed by atoms with Crippen LogP contribution in [0.15, 0.2) is 42.7 Å². The van der Waals surface area contributed by atoms with E-state index in [4.69, 9.17) is 11.1 Å². The van der Waals surface area contributed by atoms with Crippen LogP contribution in [0.5, 0.6) is 0 Å². The molecule has 16 heavy (non-hydrogen) atoms. The summed E-state index contributed by atoms with van der Waals surface area (Å²) in [5.74, 6) is 0.191. The highest BCUT2D eigenvalue weighted by Gasteiger charge is 2.01. The van der Waals surface area contributed by atoms with Crippen molar-refractivity contribution in [2.45, 2.75) is 13.0 Å². The highest BCUT2D eigenvalue weighted by Crippen LogP contribution is 2.17. The molecule has 82 valence electrons. The van der Waals surface area contributed by atoms with Crippen molar-refractivity contribution in [1.82, 2.24) is 9.78 Å². The number of nitrogens with two attached hydrogens (primary N) is 1. The highest BCUT2D eigenvalue weighted by molar-refractivity contribution is 5.76. The number of hydrogen-bond donors (Lipinski definition) is 2. The molecule has 0 unspecified atom stereocenters. The lowest BCUT2D eigenvalue weighted by Gasteiger charge is -1.99. The van der Waals surface area contributed by atoms with Crippen molar-refractivity contribution in [3.8, 4) is 11.1 Å². The number of benzene rings is 1. The smallest absolute Gasteiger partial charge is 0.0923 e. The normalized spacial score (nSPS) is 10.2. The molecule has 2 rings (SSSR count). The van der Waals surface area contributed by atoms with Crippen LogP contribution < -0.4 is 5.73 Å². The molecule has 0 saturated carbocycles. The van der Waals surface area contributed by atoms with Crippen LogP contribution in [0.25, 0.3) is 11.1 Å². The van der Waals surface area contributed by atoms with Crippen molar-refractivity contribution in [2.24, 2.45) is 5.73 Å². The van der Waals surface area contributed by atoms with E-state index < -0.39 is 0 Å². The van der Waals surface area contributed by atoms with Crippen LogP contribution in [0.1, 0.15) is 6.42 Å². The Labute approximate surface area is 94.2 Å².